The Kier molecular flexibility index (Phi) is 6.64. The molecule has 0 spiro atoms. The number of nitrogens with one attached hydrogen (secondary N) is 1. The van der Waals surface area contributed by atoms with Crippen molar-refractivity contribution >= 4 is 28.7 Å². The highest BCUT2D eigenvalue weighted by molar-refractivity contribution is 7.10. The first-order valence-electron chi connectivity index (χ1n) is 10.9. The van der Waals surface area contributed by atoms with Crippen molar-refractivity contribution in [2.24, 2.45) is 5.92 Å². The molecule has 0 radical (unpaired) electrons. The molecule has 1 atom stereocenters. The normalized spacial score (nSPS) is 19.2. The quantitative estimate of drug-likeness (QED) is 0.775. The van der Waals surface area contributed by atoms with Crippen molar-refractivity contribution in [3.05, 3.63) is 34.9 Å². The van der Waals surface area contributed by atoms with E-state index in [1.807, 2.05) is 6.20 Å². The summed E-state index contributed by atoms with van der Waals surface area (Å²) >= 11 is 1.72. The highest BCUT2D eigenvalue weighted by Crippen LogP contribution is 2.32. The van der Waals surface area contributed by atoms with Crippen molar-refractivity contribution in [3.8, 4) is 0 Å². The maximum absolute atomic E-state index is 12.9. The van der Waals surface area contributed by atoms with Gasteiger partial charge in [-0.3, -0.25) is 4.79 Å². The Morgan fingerprint density at radius 3 is 2.69 bits per heavy atom. The van der Waals surface area contributed by atoms with Gasteiger partial charge in [0.2, 0.25) is 5.91 Å². The largest absolute Gasteiger partial charge is 0.367 e. The Morgan fingerprint density at radius 2 is 2.00 bits per heavy atom. The van der Waals surface area contributed by atoms with Crippen molar-refractivity contribution in [1.82, 2.24) is 15.3 Å². The number of rotatable bonds is 6. The predicted molar refractivity (Wildman–Crippen MR) is 119 cm³/mol. The van der Waals surface area contributed by atoms with Gasteiger partial charge >= 0.3 is 0 Å². The number of hydrogen-bond donors (Lipinski definition) is 1. The zero-order valence-corrected chi connectivity index (χ0v) is 18.0. The van der Waals surface area contributed by atoms with Crippen LogP contribution in [0.25, 0.3) is 0 Å². The van der Waals surface area contributed by atoms with Crippen LogP contribution < -0.4 is 15.1 Å². The van der Waals surface area contributed by atoms with Crippen LogP contribution in [-0.2, 0) is 4.79 Å². The minimum Gasteiger partial charge on any atom is -0.367 e. The van der Waals surface area contributed by atoms with Gasteiger partial charge in [0.15, 0.2) is 5.82 Å². The van der Waals surface area contributed by atoms with E-state index in [2.05, 4.69) is 49.5 Å². The first-order chi connectivity index (χ1) is 14.3. The number of thiophene rings is 1. The van der Waals surface area contributed by atoms with Crippen LogP contribution >= 0.6 is 11.3 Å². The first kappa shape index (κ1) is 20.1. The summed E-state index contributed by atoms with van der Waals surface area (Å²) in [6.07, 6.45) is 10.0. The van der Waals surface area contributed by atoms with Gasteiger partial charge in [-0.2, -0.15) is 0 Å². The Balaban J connectivity index is 1.36. The summed E-state index contributed by atoms with van der Waals surface area (Å²) in [5.74, 6) is 1.35. The lowest BCUT2D eigenvalue weighted by molar-refractivity contribution is -0.126. The minimum absolute atomic E-state index is 0.0864. The number of carbonyl (C=O) groups excluding carboxylic acids is 1. The van der Waals surface area contributed by atoms with E-state index < -0.39 is 0 Å². The molecule has 2 aliphatic heterocycles. The van der Waals surface area contributed by atoms with E-state index in [0.29, 0.717) is 0 Å². The Morgan fingerprint density at radius 1 is 1.21 bits per heavy atom. The summed E-state index contributed by atoms with van der Waals surface area (Å²) in [5.41, 5.74) is 1.12. The molecule has 7 heteroatoms. The van der Waals surface area contributed by atoms with Crippen LogP contribution in [0.3, 0.4) is 0 Å². The standard InChI is InChI=1S/C22H31N5OS/c1-2-18(20-7-6-14-29-20)25-22(28)17-8-12-26(13-9-17)19-15-23-16-24-21(19)27-10-4-3-5-11-27/h6-7,14-18H,2-5,8-13H2,1H3,(H,25,28)/t18-/m0/s1. The van der Waals surface area contributed by atoms with Crippen LogP contribution in [0.15, 0.2) is 30.0 Å². The van der Waals surface area contributed by atoms with Crippen molar-refractivity contribution < 1.29 is 4.79 Å². The molecule has 0 unspecified atom stereocenters. The van der Waals surface area contributed by atoms with E-state index in [4.69, 9.17) is 0 Å². The monoisotopic (exact) mass is 413 g/mol. The fourth-order valence-electron chi connectivity index (χ4n) is 4.42. The lowest BCUT2D eigenvalue weighted by Gasteiger charge is -2.36. The summed E-state index contributed by atoms with van der Waals surface area (Å²) < 4.78 is 0. The number of hydrogen-bond acceptors (Lipinski definition) is 6. The van der Waals surface area contributed by atoms with Crippen LogP contribution in [-0.4, -0.2) is 42.1 Å². The first-order valence-corrected chi connectivity index (χ1v) is 11.8. The SMILES string of the molecule is CC[C@H](NC(=O)C1CCN(c2cncnc2N2CCCCC2)CC1)c1cccs1. The predicted octanol–water partition coefficient (Wildman–Crippen LogP) is 4.01. The lowest BCUT2D eigenvalue weighted by atomic mass is 9.95. The fourth-order valence-corrected chi connectivity index (χ4v) is 5.29. The van der Waals surface area contributed by atoms with Gasteiger partial charge in [0.1, 0.15) is 6.33 Å². The van der Waals surface area contributed by atoms with Gasteiger partial charge in [0.05, 0.1) is 17.9 Å². The summed E-state index contributed by atoms with van der Waals surface area (Å²) in [7, 11) is 0. The summed E-state index contributed by atoms with van der Waals surface area (Å²) in [4.78, 5) is 27.8. The molecule has 2 aromatic rings. The molecule has 156 valence electrons. The van der Waals surface area contributed by atoms with Gasteiger partial charge in [-0.15, -0.1) is 11.3 Å². The highest BCUT2D eigenvalue weighted by Gasteiger charge is 2.29. The van der Waals surface area contributed by atoms with Crippen molar-refractivity contribution in [3.63, 3.8) is 0 Å². The third kappa shape index (κ3) is 4.71. The van der Waals surface area contributed by atoms with E-state index in [1.165, 1.54) is 24.1 Å². The van der Waals surface area contributed by atoms with Crippen molar-refractivity contribution in [1.29, 1.82) is 0 Å². The Labute approximate surface area is 177 Å². The fraction of sp³-hybridized carbons (Fsp3) is 0.591. The molecular weight excluding hydrogens is 382 g/mol. The highest BCUT2D eigenvalue weighted by atomic mass is 32.1. The Bertz CT molecular complexity index is 782. The average molecular weight is 414 g/mol. The maximum atomic E-state index is 12.9. The van der Waals surface area contributed by atoms with Crippen LogP contribution in [0.2, 0.25) is 0 Å². The second kappa shape index (κ2) is 9.57. The summed E-state index contributed by atoms with van der Waals surface area (Å²) in [5, 5.41) is 5.35. The molecule has 0 bridgehead atoms. The van der Waals surface area contributed by atoms with Crippen LogP contribution in [0, 0.1) is 5.92 Å². The molecule has 29 heavy (non-hydrogen) atoms. The van der Waals surface area contributed by atoms with E-state index >= 15 is 0 Å². The lowest BCUT2D eigenvalue weighted by Crippen LogP contribution is -2.42. The van der Waals surface area contributed by atoms with E-state index in [1.54, 1.807) is 17.7 Å². The second-order valence-corrected chi connectivity index (χ2v) is 9.00. The zero-order chi connectivity index (χ0) is 20.1. The number of carbonyl (C=O) groups is 1. The van der Waals surface area contributed by atoms with Crippen LogP contribution in [0.5, 0.6) is 0 Å². The second-order valence-electron chi connectivity index (χ2n) is 8.03. The topological polar surface area (TPSA) is 61.4 Å². The minimum atomic E-state index is 0.0864. The number of piperidine rings is 2. The van der Waals surface area contributed by atoms with E-state index in [0.717, 1.165) is 56.9 Å². The molecule has 4 rings (SSSR count). The molecule has 1 amide bonds. The molecule has 4 heterocycles. The molecule has 2 aliphatic rings. The van der Waals surface area contributed by atoms with Crippen molar-refractivity contribution in [2.45, 2.75) is 51.5 Å². The van der Waals surface area contributed by atoms with Gasteiger partial charge in [-0.1, -0.05) is 13.0 Å². The molecule has 1 N–H and O–H groups in total. The third-order valence-corrected chi connectivity index (χ3v) is 7.13. The number of anilines is 2. The number of nitrogens with zero attached hydrogens (tertiary/aromatic N) is 4. The smallest absolute Gasteiger partial charge is 0.223 e. The van der Waals surface area contributed by atoms with Gasteiger partial charge in [-0.25, -0.2) is 9.97 Å². The maximum Gasteiger partial charge on any atom is 0.223 e. The Hall–Kier alpha value is -2.15. The molecular formula is C22H31N5OS. The van der Waals surface area contributed by atoms with Gasteiger partial charge in [0.25, 0.3) is 0 Å². The molecule has 6 nitrogen and oxygen atoms in total. The number of aromatic nitrogens is 2. The van der Waals surface area contributed by atoms with Crippen molar-refractivity contribution in [2.75, 3.05) is 36.0 Å². The van der Waals surface area contributed by atoms with Gasteiger partial charge < -0.3 is 15.1 Å². The molecule has 0 saturated carbocycles. The van der Waals surface area contributed by atoms with Crippen LogP contribution in [0.1, 0.15) is 56.4 Å². The van der Waals surface area contributed by atoms with Gasteiger partial charge in [0, 0.05) is 37.0 Å². The average Bonchev–Trinajstić information content (AvgIpc) is 3.33. The van der Waals surface area contributed by atoms with Crippen LogP contribution in [0.4, 0.5) is 11.5 Å². The van der Waals surface area contributed by atoms with E-state index in [-0.39, 0.29) is 17.9 Å². The van der Waals surface area contributed by atoms with E-state index in [9.17, 15) is 4.79 Å². The molecule has 2 aromatic heterocycles. The van der Waals surface area contributed by atoms with Gasteiger partial charge in [-0.05, 0) is 50.0 Å². The molecule has 0 aromatic carbocycles. The zero-order valence-electron chi connectivity index (χ0n) is 17.2. The molecule has 2 fully saturated rings. The summed E-state index contributed by atoms with van der Waals surface area (Å²) in [6, 6.07) is 4.29. The number of amides is 1. The third-order valence-electron chi connectivity index (χ3n) is 6.15. The molecule has 0 aliphatic carbocycles. The molecule has 2 saturated heterocycles. The summed E-state index contributed by atoms with van der Waals surface area (Å²) in [6.45, 7) is 6.03.